The van der Waals surface area contributed by atoms with Gasteiger partial charge in [0.2, 0.25) is 11.6 Å². The van der Waals surface area contributed by atoms with Gasteiger partial charge >= 0.3 is 0 Å². The van der Waals surface area contributed by atoms with E-state index in [0.717, 1.165) is 10.0 Å². The van der Waals surface area contributed by atoms with Crippen LogP contribution in [0.15, 0.2) is 44.7 Å². The highest BCUT2D eigenvalue weighted by atomic mass is 79.9. The maximum absolute atomic E-state index is 11.9. The molecule has 1 amide bonds. The van der Waals surface area contributed by atoms with Gasteiger partial charge in [-0.3, -0.25) is 4.79 Å². The van der Waals surface area contributed by atoms with Crippen molar-refractivity contribution in [2.24, 2.45) is 5.10 Å². The van der Waals surface area contributed by atoms with Crippen molar-refractivity contribution >= 4 is 33.9 Å². The summed E-state index contributed by atoms with van der Waals surface area (Å²) in [7, 11) is 0. The van der Waals surface area contributed by atoms with Gasteiger partial charge in [-0.1, -0.05) is 33.3 Å². The molecule has 0 unspecified atom stereocenters. The van der Waals surface area contributed by atoms with E-state index >= 15 is 0 Å². The van der Waals surface area contributed by atoms with Gasteiger partial charge < -0.3 is 5.73 Å². The fourth-order valence-corrected chi connectivity index (χ4v) is 1.86. The monoisotopic (exact) mass is 376 g/mol. The number of anilines is 1. The Bertz CT molecular complexity index is 854. The molecule has 11 heteroatoms. The number of nitrogens with one attached hydrogen (secondary N) is 1. The fourth-order valence-electron chi connectivity index (χ4n) is 1.59. The van der Waals surface area contributed by atoms with Crippen molar-refractivity contribution in [3.63, 3.8) is 0 Å². The van der Waals surface area contributed by atoms with E-state index in [4.69, 9.17) is 5.73 Å². The first-order chi connectivity index (χ1) is 11.1. The number of nitrogen functional groups attached to an aromatic ring is 1. The molecule has 1 aromatic carbocycles. The highest BCUT2D eigenvalue weighted by Crippen LogP contribution is 2.10. The van der Waals surface area contributed by atoms with Gasteiger partial charge in [-0.15, -0.1) is 5.10 Å². The van der Waals surface area contributed by atoms with Gasteiger partial charge in [-0.05, 0) is 28.0 Å². The SMILES string of the molecule is Nc1nonc1-n1cc(C(=O)NN=Cc2ccc(Br)cc2)nn1. The molecule has 0 fully saturated rings. The summed E-state index contributed by atoms with van der Waals surface area (Å²) in [6.45, 7) is 0. The van der Waals surface area contributed by atoms with Crippen LogP contribution in [0.5, 0.6) is 0 Å². The molecule has 23 heavy (non-hydrogen) atoms. The summed E-state index contributed by atoms with van der Waals surface area (Å²) < 4.78 is 6.59. The van der Waals surface area contributed by atoms with E-state index in [0.29, 0.717) is 0 Å². The number of amides is 1. The number of rotatable bonds is 4. The number of aromatic nitrogens is 5. The maximum Gasteiger partial charge on any atom is 0.293 e. The van der Waals surface area contributed by atoms with Crippen molar-refractivity contribution in [3.8, 4) is 5.82 Å². The van der Waals surface area contributed by atoms with E-state index in [-0.39, 0.29) is 17.3 Å². The quantitative estimate of drug-likeness (QED) is 0.506. The number of hydrogen-bond acceptors (Lipinski definition) is 8. The molecular formula is C12H9BrN8O2. The first-order valence-electron chi connectivity index (χ1n) is 6.23. The Kier molecular flexibility index (Phi) is 4.10. The van der Waals surface area contributed by atoms with Crippen LogP contribution in [-0.2, 0) is 0 Å². The number of carbonyl (C=O) groups is 1. The van der Waals surface area contributed by atoms with Crippen LogP contribution in [0.4, 0.5) is 5.82 Å². The third kappa shape index (κ3) is 3.40. The molecule has 2 aromatic heterocycles. The Morgan fingerprint density at radius 1 is 1.35 bits per heavy atom. The molecule has 0 aliphatic rings. The molecular weight excluding hydrogens is 368 g/mol. The Hall–Kier alpha value is -3.08. The third-order valence-electron chi connectivity index (χ3n) is 2.69. The van der Waals surface area contributed by atoms with Crippen LogP contribution in [0.3, 0.4) is 0 Å². The van der Waals surface area contributed by atoms with Crippen LogP contribution in [0.2, 0.25) is 0 Å². The highest BCUT2D eigenvalue weighted by molar-refractivity contribution is 9.10. The van der Waals surface area contributed by atoms with Gasteiger partial charge in [0.1, 0.15) is 0 Å². The molecule has 0 saturated carbocycles. The molecule has 3 rings (SSSR count). The normalized spacial score (nSPS) is 11.0. The van der Waals surface area contributed by atoms with Crippen molar-refractivity contribution in [2.75, 3.05) is 5.73 Å². The second-order valence-electron chi connectivity index (χ2n) is 4.27. The molecule has 0 aliphatic carbocycles. The maximum atomic E-state index is 11.9. The minimum absolute atomic E-state index is 0.0371. The number of nitrogens with two attached hydrogens (primary N) is 1. The molecule has 0 atom stereocenters. The Morgan fingerprint density at radius 2 is 2.13 bits per heavy atom. The Morgan fingerprint density at radius 3 is 2.83 bits per heavy atom. The van der Waals surface area contributed by atoms with Crippen LogP contribution < -0.4 is 11.2 Å². The van der Waals surface area contributed by atoms with E-state index in [9.17, 15) is 4.79 Å². The second kappa shape index (κ2) is 6.36. The van der Waals surface area contributed by atoms with Gasteiger partial charge in [0, 0.05) is 4.47 Å². The van der Waals surface area contributed by atoms with Gasteiger partial charge in [0.15, 0.2) is 5.69 Å². The molecule has 116 valence electrons. The number of benzene rings is 1. The van der Waals surface area contributed by atoms with Crippen LogP contribution in [0.1, 0.15) is 16.1 Å². The average Bonchev–Trinajstić information content (AvgIpc) is 3.17. The standard InChI is InChI=1S/C12H9BrN8O2/c13-8-3-1-7(2-4-8)5-15-17-12(22)9-6-21(20-16-9)11-10(14)18-23-19-11/h1-6H,(H2,14,18)(H,17,22). The summed E-state index contributed by atoms with van der Waals surface area (Å²) in [6, 6.07) is 7.42. The average molecular weight is 377 g/mol. The number of hydrazone groups is 1. The number of nitrogens with zero attached hydrogens (tertiary/aromatic N) is 6. The largest absolute Gasteiger partial charge is 0.378 e. The zero-order valence-corrected chi connectivity index (χ0v) is 13.0. The van der Waals surface area contributed by atoms with E-state index < -0.39 is 5.91 Å². The third-order valence-corrected chi connectivity index (χ3v) is 3.22. The lowest BCUT2D eigenvalue weighted by molar-refractivity contribution is 0.0950. The first-order valence-corrected chi connectivity index (χ1v) is 7.02. The van der Waals surface area contributed by atoms with Gasteiger partial charge in [0.25, 0.3) is 5.91 Å². The van der Waals surface area contributed by atoms with E-state index in [1.807, 2.05) is 24.3 Å². The summed E-state index contributed by atoms with van der Waals surface area (Å²) in [5.74, 6) is -0.343. The summed E-state index contributed by atoms with van der Waals surface area (Å²) in [5.41, 5.74) is 8.75. The zero-order valence-electron chi connectivity index (χ0n) is 11.4. The number of halogens is 1. The molecule has 0 aliphatic heterocycles. The Balaban J connectivity index is 1.66. The molecule has 3 aromatic rings. The van der Waals surface area contributed by atoms with E-state index in [1.54, 1.807) is 0 Å². The van der Waals surface area contributed by atoms with Crippen LogP contribution in [-0.4, -0.2) is 37.4 Å². The summed E-state index contributed by atoms with van der Waals surface area (Å²) in [6.07, 6.45) is 2.84. The minimum atomic E-state index is -0.528. The number of hydrogen-bond donors (Lipinski definition) is 2. The van der Waals surface area contributed by atoms with E-state index in [1.165, 1.54) is 17.1 Å². The van der Waals surface area contributed by atoms with Crippen LogP contribution in [0.25, 0.3) is 5.82 Å². The predicted molar refractivity (Wildman–Crippen MR) is 82.8 cm³/mol. The van der Waals surface area contributed by atoms with Crippen molar-refractivity contribution in [1.29, 1.82) is 0 Å². The van der Waals surface area contributed by atoms with Gasteiger partial charge in [0.05, 0.1) is 12.4 Å². The fraction of sp³-hybridized carbons (Fsp3) is 0. The molecule has 2 heterocycles. The summed E-state index contributed by atoms with van der Waals surface area (Å²) in [5, 5.41) is 18.2. The van der Waals surface area contributed by atoms with Crippen molar-refractivity contribution < 1.29 is 9.42 Å². The predicted octanol–water partition coefficient (Wildman–Crippen LogP) is 0.759. The molecule has 0 spiro atoms. The lowest BCUT2D eigenvalue weighted by Gasteiger charge is -1.95. The van der Waals surface area contributed by atoms with Crippen LogP contribution in [0, 0.1) is 0 Å². The minimum Gasteiger partial charge on any atom is -0.378 e. The second-order valence-corrected chi connectivity index (χ2v) is 5.19. The lowest BCUT2D eigenvalue weighted by atomic mass is 10.2. The van der Waals surface area contributed by atoms with Crippen LogP contribution >= 0.6 is 15.9 Å². The van der Waals surface area contributed by atoms with Crippen molar-refractivity contribution in [2.45, 2.75) is 0 Å². The van der Waals surface area contributed by atoms with E-state index in [2.05, 4.69) is 51.7 Å². The molecule has 0 saturated heterocycles. The topological polar surface area (TPSA) is 137 Å². The Labute approximate surface area is 137 Å². The highest BCUT2D eigenvalue weighted by Gasteiger charge is 2.15. The summed E-state index contributed by atoms with van der Waals surface area (Å²) >= 11 is 3.33. The molecule has 10 nitrogen and oxygen atoms in total. The van der Waals surface area contributed by atoms with Crippen molar-refractivity contribution in [1.82, 2.24) is 30.7 Å². The molecule has 0 radical (unpaired) electrons. The number of carbonyl (C=O) groups excluding carboxylic acids is 1. The van der Waals surface area contributed by atoms with Crippen molar-refractivity contribution in [3.05, 3.63) is 46.2 Å². The van der Waals surface area contributed by atoms with Gasteiger partial charge in [-0.25, -0.2) is 10.1 Å². The first kappa shape index (κ1) is 14.8. The molecule has 3 N–H and O–H groups in total. The lowest BCUT2D eigenvalue weighted by Crippen LogP contribution is -2.18. The molecule has 0 bridgehead atoms. The zero-order chi connectivity index (χ0) is 16.2. The summed E-state index contributed by atoms with van der Waals surface area (Å²) in [4.78, 5) is 11.9. The smallest absolute Gasteiger partial charge is 0.293 e. The van der Waals surface area contributed by atoms with Gasteiger partial charge in [-0.2, -0.15) is 9.78 Å².